The third-order valence-corrected chi connectivity index (χ3v) is 6.03. The van der Waals surface area contributed by atoms with Gasteiger partial charge in [0.15, 0.2) is 0 Å². The van der Waals surface area contributed by atoms with Crippen molar-refractivity contribution in [2.75, 3.05) is 12.8 Å². The molecule has 4 rings (SSSR count). The van der Waals surface area contributed by atoms with Crippen LogP contribution in [0, 0.1) is 11.6 Å². The maximum Gasteiger partial charge on any atom is 0.407 e. The first kappa shape index (κ1) is 23.0. The summed E-state index contributed by atoms with van der Waals surface area (Å²) < 4.78 is 34.1. The summed E-state index contributed by atoms with van der Waals surface area (Å²) in [5, 5.41) is 9.70. The molecule has 0 saturated carbocycles. The highest BCUT2D eigenvalue weighted by Crippen LogP contribution is 2.37. The maximum absolute atomic E-state index is 14.7. The number of anilines is 1. The van der Waals surface area contributed by atoms with E-state index in [-0.39, 0.29) is 17.9 Å². The molecule has 1 saturated heterocycles. The van der Waals surface area contributed by atoms with Crippen LogP contribution in [0.1, 0.15) is 50.1 Å². The van der Waals surface area contributed by atoms with Gasteiger partial charge >= 0.3 is 6.09 Å². The Morgan fingerprint density at radius 2 is 2.03 bits per heavy atom. The van der Waals surface area contributed by atoms with Crippen molar-refractivity contribution < 1.29 is 23.1 Å². The number of benzene rings is 1. The van der Waals surface area contributed by atoms with E-state index < -0.39 is 41.5 Å². The topological polar surface area (TPSA) is 117 Å². The zero-order chi connectivity index (χ0) is 24.1. The molecule has 1 fully saturated rings. The summed E-state index contributed by atoms with van der Waals surface area (Å²) in [5.74, 6) is -1.11. The lowest BCUT2D eigenvalue weighted by Crippen LogP contribution is -2.60. The number of hydrogen-bond acceptors (Lipinski definition) is 6. The minimum Gasteiger partial charge on any atom is -0.444 e. The number of rotatable bonds is 3. The molecule has 0 radical (unpaired) electrons. The van der Waals surface area contributed by atoms with Gasteiger partial charge in [-0.05, 0) is 45.4 Å². The van der Waals surface area contributed by atoms with Crippen LogP contribution in [0.4, 0.5) is 19.4 Å². The van der Waals surface area contributed by atoms with Crippen LogP contribution in [0.2, 0.25) is 0 Å². The van der Waals surface area contributed by atoms with Crippen LogP contribution >= 0.6 is 0 Å². The fourth-order valence-corrected chi connectivity index (χ4v) is 4.58. The van der Waals surface area contributed by atoms with Crippen LogP contribution in [-0.2, 0) is 22.6 Å². The summed E-state index contributed by atoms with van der Waals surface area (Å²) in [5.41, 5.74) is 6.77. The predicted molar refractivity (Wildman–Crippen MR) is 116 cm³/mol. The number of aromatic amines is 1. The normalized spacial score (nSPS) is 23.5. The number of nitrogen functional groups attached to an aromatic ring is 1. The number of nitrogens with two attached hydrogens (primary N) is 1. The van der Waals surface area contributed by atoms with Crippen molar-refractivity contribution in [2.45, 2.75) is 64.0 Å². The molecule has 33 heavy (non-hydrogen) atoms. The number of halogens is 2. The van der Waals surface area contributed by atoms with Crippen molar-refractivity contribution in [2.24, 2.45) is 0 Å². The molecule has 3 atom stereocenters. The minimum atomic E-state index is -0.914. The molecule has 11 heteroatoms. The molecule has 0 bridgehead atoms. The van der Waals surface area contributed by atoms with Crippen molar-refractivity contribution in [1.29, 1.82) is 0 Å². The van der Waals surface area contributed by atoms with Crippen molar-refractivity contribution in [3.05, 3.63) is 46.7 Å². The van der Waals surface area contributed by atoms with E-state index in [0.717, 1.165) is 29.5 Å². The molecule has 2 aromatic rings. The number of hydrogen-bond donors (Lipinski definition) is 3. The van der Waals surface area contributed by atoms with Gasteiger partial charge in [0.1, 0.15) is 23.1 Å². The standard InChI is InChI=1S/C22H28F2N6O3/c1-22(2,3)33-21(32)26-15-8-17(30-9-13-16(10-30)27-28-19(13)25)20(31)29(4)18(15)12-7-11(23)5-6-14(12)24/h5-7,15,17-18H,8-10H2,1-4H3,(H,26,32)(H3,25,27,28)/t15-,17+,18?/m0/s1. The van der Waals surface area contributed by atoms with E-state index in [4.69, 9.17) is 10.5 Å². The second kappa shape index (κ2) is 8.29. The Balaban J connectivity index is 1.65. The second-order valence-corrected chi connectivity index (χ2v) is 9.53. The molecule has 9 nitrogen and oxygen atoms in total. The minimum absolute atomic E-state index is 0.0100. The molecular formula is C22H28F2N6O3. The molecule has 0 spiro atoms. The highest BCUT2D eigenvalue weighted by atomic mass is 19.1. The summed E-state index contributed by atoms with van der Waals surface area (Å²) in [4.78, 5) is 29.3. The van der Waals surface area contributed by atoms with Gasteiger partial charge in [0, 0.05) is 31.3 Å². The van der Waals surface area contributed by atoms with E-state index in [2.05, 4.69) is 15.5 Å². The highest BCUT2D eigenvalue weighted by Gasteiger charge is 2.46. The number of aromatic nitrogens is 2. The fraction of sp³-hybridized carbons (Fsp3) is 0.500. The monoisotopic (exact) mass is 462 g/mol. The number of ether oxygens (including phenoxy) is 1. The van der Waals surface area contributed by atoms with E-state index in [1.165, 1.54) is 11.9 Å². The number of amides is 2. The Morgan fingerprint density at radius 1 is 1.30 bits per heavy atom. The Labute approximate surface area is 190 Å². The average Bonchev–Trinajstić information content (AvgIpc) is 3.27. The number of alkyl carbamates (subject to hydrolysis) is 1. The summed E-state index contributed by atoms with van der Waals surface area (Å²) in [6, 6.07) is 0.828. The third-order valence-electron chi connectivity index (χ3n) is 6.03. The summed E-state index contributed by atoms with van der Waals surface area (Å²) in [6.45, 7) is 6.01. The maximum atomic E-state index is 14.7. The first-order valence-corrected chi connectivity index (χ1v) is 10.7. The number of nitrogens with one attached hydrogen (secondary N) is 2. The first-order valence-electron chi connectivity index (χ1n) is 10.7. The molecule has 0 aliphatic carbocycles. The number of likely N-dealkylation sites (N-methyl/N-ethyl adjacent to an activating group) is 1. The molecule has 2 aliphatic rings. The molecule has 2 amide bonds. The number of H-pyrrole nitrogens is 1. The molecule has 1 aromatic carbocycles. The van der Waals surface area contributed by atoms with Crippen LogP contribution < -0.4 is 11.1 Å². The number of likely N-dealkylation sites (tertiary alicyclic amines) is 1. The van der Waals surface area contributed by atoms with Crippen LogP contribution in [-0.4, -0.2) is 56.7 Å². The largest absolute Gasteiger partial charge is 0.444 e. The van der Waals surface area contributed by atoms with E-state index in [1.54, 1.807) is 20.8 Å². The number of nitrogens with zero attached hydrogens (tertiary/aromatic N) is 3. The van der Waals surface area contributed by atoms with Gasteiger partial charge in [0.25, 0.3) is 0 Å². The van der Waals surface area contributed by atoms with E-state index in [0.29, 0.717) is 18.9 Å². The van der Waals surface area contributed by atoms with Crippen molar-refractivity contribution in [1.82, 2.24) is 25.3 Å². The summed E-state index contributed by atoms with van der Waals surface area (Å²) in [7, 11) is 1.52. The Hall–Kier alpha value is -3.21. The molecule has 1 aromatic heterocycles. The predicted octanol–water partition coefficient (Wildman–Crippen LogP) is 2.45. The Kier molecular flexibility index (Phi) is 5.77. The fourth-order valence-electron chi connectivity index (χ4n) is 4.58. The van der Waals surface area contributed by atoms with Crippen molar-refractivity contribution >= 4 is 17.8 Å². The Morgan fingerprint density at radius 3 is 2.70 bits per heavy atom. The SMILES string of the molecule is CN1C(=O)[C@H](N2Cc3n[nH]c(N)c3C2)C[C@H](NC(=O)OC(C)(C)C)C1c1cc(F)ccc1F. The third kappa shape index (κ3) is 4.50. The van der Waals surface area contributed by atoms with Gasteiger partial charge < -0.3 is 20.7 Å². The van der Waals surface area contributed by atoms with Gasteiger partial charge in [-0.25, -0.2) is 13.6 Å². The lowest BCUT2D eigenvalue weighted by molar-refractivity contribution is -0.144. The van der Waals surface area contributed by atoms with E-state index in [1.807, 2.05) is 4.90 Å². The smallest absolute Gasteiger partial charge is 0.407 e. The highest BCUT2D eigenvalue weighted by molar-refractivity contribution is 5.84. The van der Waals surface area contributed by atoms with E-state index >= 15 is 0 Å². The van der Waals surface area contributed by atoms with Gasteiger partial charge in [-0.15, -0.1) is 0 Å². The van der Waals surface area contributed by atoms with Crippen LogP contribution in [0.25, 0.3) is 0 Å². The van der Waals surface area contributed by atoms with Gasteiger partial charge in [0.2, 0.25) is 5.91 Å². The molecular weight excluding hydrogens is 434 g/mol. The number of fused-ring (bicyclic) bond motifs is 1. The van der Waals surface area contributed by atoms with Gasteiger partial charge in [-0.2, -0.15) is 5.10 Å². The number of carbonyl (C=O) groups is 2. The van der Waals surface area contributed by atoms with Crippen molar-refractivity contribution in [3.8, 4) is 0 Å². The molecule has 2 aliphatic heterocycles. The summed E-state index contributed by atoms with van der Waals surface area (Å²) >= 11 is 0. The van der Waals surface area contributed by atoms with Gasteiger partial charge in [-0.1, -0.05) is 0 Å². The first-order chi connectivity index (χ1) is 15.4. The zero-order valence-electron chi connectivity index (χ0n) is 19.0. The number of piperidine rings is 1. The van der Waals surface area contributed by atoms with Gasteiger partial charge in [-0.3, -0.25) is 14.8 Å². The zero-order valence-corrected chi connectivity index (χ0v) is 19.0. The van der Waals surface area contributed by atoms with Crippen LogP contribution in [0.3, 0.4) is 0 Å². The van der Waals surface area contributed by atoms with E-state index in [9.17, 15) is 18.4 Å². The number of carbonyl (C=O) groups excluding carboxylic acids is 2. The van der Waals surface area contributed by atoms with Crippen LogP contribution in [0.5, 0.6) is 0 Å². The second-order valence-electron chi connectivity index (χ2n) is 9.53. The summed E-state index contributed by atoms with van der Waals surface area (Å²) in [6.07, 6.45) is -0.522. The molecule has 4 N–H and O–H groups in total. The lowest BCUT2D eigenvalue weighted by atomic mass is 9.87. The average molecular weight is 463 g/mol. The van der Waals surface area contributed by atoms with Crippen molar-refractivity contribution in [3.63, 3.8) is 0 Å². The molecule has 3 heterocycles. The van der Waals surface area contributed by atoms with Crippen LogP contribution in [0.15, 0.2) is 18.2 Å². The molecule has 1 unspecified atom stereocenters. The lowest BCUT2D eigenvalue weighted by Gasteiger charge is -2.45. The van der Waals surface area contributed by atoms with Gasteiger partial charge in [0.05, 0.1) is 23.8 Å². The molecule has 178 valence electrons. The quantitative estimate of drug-likeness (QED) is 0.645. The Bertz CT molecular complexity index is 1080.